The summed E-state index contributed by atoms with van der Waals surface area (Å²) in [5, 5.41) is 6.09. The Bertz CT molecular complexity index is 1420. The lowest BCUT2D eigenvalue weighted by Crippen LogP contribution is -2.36. The zero-order chi connectivity index (χ0) is 27.3. The van der Waals surface area contributed by atoms with Crippen molar-refractivity contribution in [3.05, 3.63) is 77.9 Å². The van der Waals surface area contributed by atoms with Crippen LogP contribution in [-0.4, -0.2) is 60.1 Å². The van der Waals surface area contributed by atoms with E-state index in [0.29, 0.717) is 47.4 Å². The van der Waals surface area contributed by atoms with Gasteiger partial charge in [-0.15, -0.1) is 0 Å². The number of sulfonamides is 1. The summed E-state index contributed by atoms with van der Waals surface area (Å²) in [6, 6.07) is 20.0. The van der Waals surface area contributed by atoms with Gasteiger partial charge in [0.25, 0.3) is 0 Å². The van der Waals surface area contributed by atoms with Crippen molar-refractivity contribution in [2.75, 3.05) is 49.7 Å². The third kappa shape index (κ3) is 5.81. The number of hydrogen-bond donors (Lipinski definition) is 2. The number of amides is 1. The van der Waals surface area contributed by atoms with E-state index >= 15 is 0 Å². The molecule has 1 amide bonds. The monoisotopic (exact) mass is 536 g/mol. The van der Waals surface area contributed by atoms with Gasteiger partial charge in [-0.05, 0) is 48.0 Å². The number of likely N-dealkylation sites (N-methyl/N-ethyl adjacent to an activating group) is 1. The van der Waals surface area contributed by atoms with E-state index < -0.39 is 15.9 Å². The number of benzene rings is 3. The van der Waals surface area contributed by atoms with Crippen molar-refractivity contribution in [1.82, 2.24) is 5.32 Å². The second-order valence-corrected chi connectivity index (χ2v) is 10.7. The molecule has 4 rings (SSSR count). The maximum Gasteiger partial charge on any atom is 0.238 e. The van der Waals surface area contributed by atoms with Crippen molar-refractivity contribution in [3.63, 3.8) is 0 Å². The predicted octanol–water partition coefficient (Wildman–Crippen LogP) is 3.94. The number of carbonyl (C=O) groups excluding carboxylic acids is 1. The molecular formula is C28H32N4O5S. The highest BCUT2D eigenvalue weighted by molar-refractivity contribution is 7.92. The molecule has 2 N–H and O–H groups in total. The highest BCUT2D eigenvalue weighted by Gasteiger charge is 2.36. The van der Waals surface area contributed by atoms with Gasteiger partial charge in [-0.2, -0.15) is 0 Å². The number of carbonyl (C=O) groups is 1. The maximum atomic E-state index is 13.3. The lowest BCUT2D eigenvalue weighted by atomic mass is 9.90. The Kier molecular flexibility index (Phi) is 8.33. The minimum absolute atomic E-state index is 0.207. The molecule has 3 aromatic rings. The summed E-state index contributed by atoms with van der Waals surface area (Å²) in [6.45, 7) is 3.57. The molecule has 0 aliphatic carbocycles. The molecule has 0 saturated heterocycles. The van der Waals surface area contributed by atoms with Crippen molar-refractivity contribution < 1.29 is 22.7 Å². The number of methoxy groups -OCH3 is 2. The summed E-state index contributed by atoms with van der Waals surface area (Å²) in [4.78, 5) is 18.2. The maximum absolute atomic E-state index is 13.3. The number of rotatable bonds is 11. The third-order valence-electron chi connectivity index (χ3n) is 6.26. The van der Waals surface area contributed by atoms with Crippen LogP contribution >= 0.6 is 0 Å². The molecule has 3 aromatic carbocycles. The average molecular weight is 537 g/mol. The molecular weight excluding hydrogens is 504 g/mol. The SMILES string of the molecule is CCNCCN(c1ccc(N=C(c2ccccc2)C2C(=O)Nc3cc(OC)c(OC)cc32)cc1)S(C)(=O)=O. The van der Waals surface area contributed by atoms with Crippen molar-refractivity contribution >= 4 is 38.7 Å². The molecule has 10 heteroatoms. The Labute approximate surface area is 223 Å². The molecule has 0 bridgehead atoms. The van der Waals surface area contributed by atoms with Gasteiger partial charge < -0.3 is 20.1 Å². The second-order valence-electron chi connectivity index (χ2n) is 8.78. The van der Waals surface area contributed by atoms with Gasteiger partial charge in [0, 0.05) is 24.8 Å². The van der Waals surface area contributed by atoms with Crippen LogP contribution in [0.4, 0.5) is 17.1 Å². The number of ether oxygens (including phenoxy) is 2. The van der Waals surface area contributed by atoms with Crippen LogP contribution < -0.4 is 24.4 Å². The first-order valence-corrected chi connectivity index (χ1v) is 14.1. The summed E-state index contributed by atoms with van der Waals surface area (Å²) in [5.74, 6) is 0.147. The number of aliphatic imine (C=N–C) groups is 1. The van der Waals surface area contributed by atoms with Gasteiger partial charge in [-0.1, -0.05) is 37.3 Å². The Morgan fingerprint density at radius 2 is 1.68 bits per heavy atom. The molecule has 1 unspecified atom stereocenters. The first-order valence-electron chi connectivity index (χ1n) is 12.3. The summed E-state index contributed by atoms with van der Waals surface area (Å²) in [5.41, 5.74) is 3.87. The van der Waals surface area contributed by atoms with E-state index in [2.05, 4.69) is 10.6 Å². The Hall–Kier alpha value is -3.89. The quantitative estimate of drug-likeness (QED) is 0.284. The smallest absolute Gasteiger partial charge is 0.238 e. The van der Waals surface area contributed by atoms with Gasteiger partial charge in [0.2, 0.25) is 15.9 Å². The molecule has 9 nitrogen and oxygen atoms in total. The predicted molar refractivity (Wildman–Crippen MR) is 151 cm³/mol. The van der Waals surface area contributed by atoms with Gasteiger partial charge in [-0.25, -0.2) is 8.42 Å². The van der Waals surface area contributed by atoms with Gasteiger partial charge in [0.15, 0.2) is 11.5 Å². The largest absolute Gasteiger partial charge is 0.493 e. The minimum Gasteiger partial charge on any atom is -0.493 e. The van der Waals surface area contributed by atoms with Crippen molar-refractivity contribution in [2.45, 2.75) is 12.8 Å². The number of hydrogen-bond acceptors (Lipinski definition) is 7. The molecule has 0 saturated carbocycles. The second kappa shape index (κ2) is 11.7. The number of nitrogens with one attached hydrogen (secondary N) is 2. The van der Waals surface area contributed by atoms with Crippen LogP contribution in [0.2, 0.25) is 0 Å². The molecule has 38 heavy (non-hydrogen) atoms. The molecule has 200 valence electrons. The molecule has 0 aromatic heterocycles. The van der Waals surface area contributed by atoms with Gasteiger partial charge in [0.1, 0.15) is 5.92 Å². The lowest BCUT2D eigenvalue weighted by Gasteiger charge is -2.22. The van der Waals surface area contributed by atoms with Crippen LogP contribution in [0.3, 0.4) is 0 Å². The van der Waals surface area contributed by atoms with E-state index in [-0.39, 0.29) is 5.91 Å². The first kappa shape index (κ1) is 27.2. The Balaban J connectivity index is 1.76. The Morgan fingerprint density at radius 3 is 2.29 bits per heavy atom. The molecule has 0 spiro atoms. The normalized spacial score (nSPS) is 15.1. The summed E-state index contributed by atoms with van der Waals surface area (Å²) in [7, 11) is -0.364. The summed E-state index contributed by atoms with van der Waals surface area (Å²) in [6.07, 6.45) is 1.19. The number of nitrogens with zero attached hydrogens (tertiary/aromatic N) is 2. The van der Waals surface area contributed by atoms with Gasteiger partial charge in [-0.3, -0.25) is 14.1 Å². The van der Waals surface area contributed by atoms with Crippen LogP contribution in [-0.2, 0) is 14.8 Å². The highest BCUT2D eigenvalue weighted by Crippen LogP contribution is 2.42. The van der Waals surface area contributed by atoms with E-state index in [0.717, 1.165) is 17.7 Å². The van der Waals surface area contributed by atoms with Crippen molar-refractivity contribution in [2.24, 2.45) is 4.99 Å². The third-order valence-corrected chi connectivity index (χ3v) is 7.45. The lowest BCUT2D eigenvalue weighted by molar-refractivity contribution is -0.115. The standard InChI is InChI=1S/C28H32N4O5S/c1-5-29-15-16-32(38(4,34)35)21-13-11-20(12-14-21)30-27(19-9-7-6-8-10-19)26-22-17-24(36-2)25(37-3)18-23(22)31-28(26)33/h6-14,17-18,26,29H,5,15-16H2,1-4H3,(H,31,33). The van der Waals surface area contributed by atoms with E-state index in [1.54, 1.807) is 50.6 Å². The van der Waals surface area contributed by atoms with E-state index in [1.807, 2.05) is 37.3 Å². The molecule has 0 radical (unpaired) electrons. The molecule has 1 atom stereocenters. The van der Waals surface area contributed by atoms with Gasteiger partial charge in [0.05, 0.1) is 37.6 Å². The first-order chi connectivity index (χ1) is 18.3. The van der Waals surface area contributed by atoms with Crippen LogP contribution in [0, 0.1) is 0 Å². The van der Waals surface area contributed by atoms with Crippen molar-refractivity contribution in [3.8, 4) is 11.5 Å². The molecule has 0 fully saturated rings. The fourth-order valence-electron chi connectivity index (χ4n) is 4.44. The molecule has 1 heterocycles. The number of fused-ring (bicyclic) bond motifs is 1. The summed E-state index contributed by atoms with van der Waals surface area (Å²) >= 11 is 0. The Morgan fingerprint density at radius 1 is 1.03 bits per heavy atom. The van der Waals surface area contributed by atoms with E-state index in [4.69, 9.17) is 14.5 Å². The van der Waals surface area contributed by atoms with E-state index in [9.17, 15) is 13.2 Å². The fourth-order valence-corrected chi connectivity index (χ4v) is 5.37. The van der Waals surface area contributed by atoms with Crippen LogP contribution in [0.5, 0.6) is 11.5 Å². The fraction of sp³-hybridized carbons (Fsp3) is 0.286. The average Bonchev–Trinajstić information content (AvgIpc) is 3.23. The van der Waals surface area contributed by atoms with Crippen LogP contribution in [0.25, 0.3) is 0 Å². The van der Waals surface area contributed by atoms with Crippen molar-refractivity contribution in [1.29, 1.82) is 0 Å². The van der Waals surface area contributed by atoms with E-state index in [1.165, 1.54) is 10.6 Å². The zero-order valence-corrected chi connectivity index (χ0v) is 22.7. The molecule has 1 aliphatic rings. The summed E-state index contributed by atoms with van der Waals surface area (Å²) < 4.78 is 37.1. The van der Waals surface area contributed by atoms with Crippen LogP contribution in [0.15, 0.2) is 71.7 Å². The molecule has 1 aliphatic heterocycles. The van der Waals surface area contributed by atoms with Crippen LogP contribution in [0.1, 0.15) is 24.0 Å². The number of anilines is 2. The topological polar surface area (TPSA) is 109 Å². The highest BCUT2D eigenvalue weighted by atomic mass is 32.2. The minimum atomic E-state index is -3.46. The zero-order valence-electron chi connectivity index (χ0n) is 21.9. The van der Waals surface area contributed by atoms with Gasteiger partial charge >= 0.3 is 0 Å².